The van der Waals surface area contributed by atoms with Gasteiger partial charge in [0.1, 0.15) is 0 Å². The minimum absolute atomic E-state index is 0.0167. The van der Waals surface area contributed by atoms with E-state index < -0.39 is 0 Å². The predicted octanol–water partition coefficient (Wildman–Crippen LogP) is 4.33. The maximum atomic E-state index is 11.6. The van der Waals surface area contributed by atoms with Crippen LogP contribution in [0.15, 0.2) is 67.6 Å². The third-order valence-corrected chi connectivity index (χ3v) is 4.46. The summed E-state index contributed by atoms with van der Waals surface area (Å²) in [6, 6.07) is 14.2. The molecule has 2 aromatic carbocycles. The quantitative estimate of drug-likeness (QED) is 0.684. The van der Waals surface area contributed by atoms with Gasteiger partial charge in [0.2, 0.25) is 5.91 Å². The molecular formula is C21H21N3O. The molecule has 3 rings (SSSR count). The summed E-state index contributed by atoms with van der Waals surface area (Å²) >= 11 is 0. The fourth-order valence-electron chi connectivity index (χ4n) is 3.03. The first-order chi connectivity index (χ1) is 12.1. The highest BCUT2D eigenvalue weighted by atomic mass is 16.1. The Balaban J connectivity index is 2.10. The van der Waals surface area contributed by atoms with E-state index in [2.05, 4.69) is 60.0 Å². The van der Waals surface area contributed by atoms with Gasteiger partial charge in [0, 0.05) is 17.6 Å². The number of carbonyl (C=O) groups excluding carboxylic acids is 1. The van der Waals surface area contributed by atoms with Gasteiger partial charge in [-0.15, -0.1) is 0 Å². The SMILES string of the molecule is C=CC(=O)Nc1cccc(C(c2cnc[nH]2)c2cccc(C)c2C)c1. The number of anilines is 1. The molecule has 0 aliphatic rings. The number of aromatic amines is 1. The normalized spacial score (nSPS) is 11.8. The molecule has 1 aromatic heterocycles. The van der Waals surface area contributed by atoms with Crippen LogP contribution in [-0.4, -0.2) is 15.9 Å². The summed E-state index contributed by atoms with van der Waals surface area (Å²) in [4.78, 5) is 19.0. The lowest BCUT2D eigenvalue weighted by Crippen LogP contribution is -2.10. The zero-order chi connectivity index (χ0) is 17.8. The first-order valence-electron chi connectivity index (χ1n) is 8.18. The van der Waals surface area contributed by atoms with Gasteiger partial charge in [-0.25, -0.2) is 4.98 Å². The number of hydrogen-bond donors (Lipinski definition) is 2. The molecule has 25 heavy (non-hydrogen) atoms. The van der Waals surface area contributed by atoms with E-state index in [1.807, 2.05) is 24.4 Å². The number of hydrogen-bond acceptors (Lipinski definition) is 2. The maximum Gasteiger partial charge on any atom is 0.247 e. The lowest BCUT2D eigenvalue weighted by Gasteiger charge is -2.21. The molecule has 0 aliphatic heterocycles. The van der Waals surface area contributed by atoms with Crippen LogP contribution in [0.5, 0.6) is 0 Å². The predicted molar refractivity (Wildman–Crippen MR) is 101 cm³/mol. The highest BCUT2D eigenvalue weighted by Gasteiger charge is 2.21. The van der Waals surface area contributed by atoms with Gasteiger partial charge in [0.25, 0.3) is 0 Å². The zero-order valence-electron chi connectivity index (χ0n) is 14.4. The Morgan fingerprint density at radius 1 is 1.24 bits per heavy atom. The van der Waals surface area contributed by atoms with E-state index in [-0.39, 0.29) is 11.8 Å². The van der Waals surface area contributed by atoms with Gasteiger partial charge in [-0.1, -0.05) is 36.9 Å². The Bertz CT molecular complexity index is 897. The molecule has 0 fully saturated rings. The van der Waals surface area contributed by atoms with Gasteiger partial charge >= 0.3 is 0 Å². The topological polar surface area (TPSA) is 57.8 Å². The minimum atomic E-state index is -0.220. The standard InChI is InChI=1S/C21H21N3O/c1-4-20(25)24-17-9-6-8-16(11-17)21(19-12-22-13-23-19)18-10-5-7-14(2)15(18)3/h4-13,21H,1H2,2-3H3,(H,22,23)(H,24,25). The molecular weight excluding hydrogens is 310 g/mol. The van der Waals surface area contributed by atoms with Gasteiger partial charge in [-0.05, 0) is 54.3 Å². The second kappa shape index (κ2) is 7.18. The van der Waals surface area contributed by atoms with Crippen molar-refractivity contribution in [1.82, 2.24) is 9.97 Å². The van der Waals surface area contributed by atoms with Crippen LogP contribution in [0.4, 0.5) is 5.69 Å². The first-order valence-corrected chi connectivity index (χ1v) is 8.18. The second-order valence-corrected chi connectivity index (χ2v) is 6.05. The average Bonchev–Trinajstić information content (AvgIpc) is 3.13. The van der Waals surface area contributed by atoms with Gasteiger partial charge in [0.15, 0.2) is 0 Å². The summed E-state index contributed by atoms with van der Waals surface area (Å²) < 4.78 is 0. The first kappa shape index (κ1) is 16.7. The summed E-state index contributed by atoms with van der Waals surface area (Å²) in [5, 5.41) is 2.83. The maximum absolute atomic E-state index is 11.6. The van der Waals surface area contributed by atoms with Crippen LogP contribution < -0.4 is 5.32 Å². The Labute approximate surface area is 147 Å². The fraction of sp³-hybridized carbons (Fsp3) is 0.143. The zero-order valence-corrected chi connectivity index (χ0v) is 14.4. The van der Waals surface area contributed by atoms with E-state index in [0.717, 1.165) is 16.9 Å². The molecule has 1 heterocycles. The van der Waals surface area contributed by atoms with E-state index in [1.54, 1.807) is 6.33 Å². The number of nitrogens with zero attached hydrogens (tertiary/aromatic N) is 1. The number of amides is 1. The van der Waals surface area contributed by atoms with E-state index in [0.29, 0.717) is 0 Å². The van der Waals surface area contributed by atoms with Crippen LogP contribution in [0.2, 0.25) is 0 Å². The number of aryl methyl sites for hydroxylation is 1. The largest absolute Gasteiger partial charge is 0.348 e. The van der Waals surface area contributed by atoms with Gasteiger partial charge in [0.05, 0.1) is 12.2 Å². The molecule has 1 unspecified atom stereocenters. The average molecular weight is 331 g/mol. The monoisotopic (exact) mass is 331 g/mol. The van der Waals surface area contributed by atoms with Crippen LogP contribution in [0.25, 0.3) is 0 Å². The lowest BCUT2D eigenvalue weighted by atomic mass is 9.85. The molecule has 126 valence electrons. The number of aromatic nitrogens is 2. The second-order valence-electron chi connectivity index (χ2n) is 6.05. The van der Waals surface area contributed by atoms with Gasteiger partial charge in [-0.3, -0.25) is 4.79 Å². The van der Waals surface area contributed by atoms with Crippen molar-refractivity contribution < 1.29 is 4.79 Å². The molecule has 1 atom stereocenters. The number of benzene rings is 2. The number of rotatable bonds is 5. The number of carbonyl (C=O) groups is 1. The van der Waals surface area contributed by atoms with Crippen LogP contribution in [0.3, 0.4) is 0 Å². The van der Waals surface area contributed by atoms with E-state index >= 15 is 0 Å². The van der Waals surface area contributed by atoms with Crippen molar-refractivity contribution in [3.05, 3.63) is 95.6 Å². The number of imidazole rings is 1. The van der Waals surface area contributed by atoms with Crippen LogP contribution in [0.1, 0.15) is 33.9 Å². The summed E-state index contributed by atoms with van der Waals surface area (Å²) in [6.07, 6.45) is 4.81. The fourth-order valence-corrected chi connectivity index (χ4v) is 3.03. The molecule has 0 aliphatic carbocycles. The van der Waals surface area contributed by atoms with Crippen molar-refractivity contribution in [3.8, 4) is 0 Å². The van der Waals surface area contributed by atoms with E-state index in [4.69, 9.17) is 0 Å². The highest BCUT2D eigenvalue weighted by Crippen LogP contribution is 2.34. The van der Waals surface area contributed by atoms with Crippen LogP contribution in [-0.2, 0) is 4.79 Å². The van der Waals surface area contributed by atoms with E-state index in [1.165, 1.54) is 22.8 Å². The molecule has 0 radical (unpaired) electrons. The molecule has 4 heteroatoms. The Hall–Kier alpha value is -3.14. The third-order valence-electron chi connectivity index (χ3n) is 4.46. The summed E-state index contributed by atoms with van der Waals surface area (Å²) in [7, 11) is 0. The van der Waals surface area contributed by atoms with Crippen LogP contribution >= 0.6 is 0 Å². The van der Waals surface area contributed by atoms with Crippen molar-refractivity contribution >= 4 is 11.6 Å². The van der Waals surface area contributed by atoms with Gasteiger partial charge in [-0.2, -0.15) is 0 Å². The molecule has 0 saturated carbocycles. The van der Waals surface area contributed by atoms with E-state index in [9.17, 15) is 4.79 Å². The van der Waals surface area contributed by atoms with Crippen molar-refractivity contribution in [2.24, 2.45) is 0 Å². The van der Waals surface area contributed by atoms with Crippen molar-refractivity contribution in [2.45, 2.75) is 19.8 Å². The van der Waals surface area contributed by atoms with Crippen LogP contribution in [0, 0.1) is 13.8 Å². The summed E-state index contributed by atoms with van der Waals surface area (Å²) in [5.41, 5.74) is 6.56. The molecule has 4 nitrogen and oxygen atoms in total. The molecule has 0 saturated heterocycles. The van der Waals surface area contributed by atoms with Crippen molar-refractivity contribution in [3.63, 3.8) is 0 Å². The van der Waals surface area contributed by atoms with Crippen molar-refractivity contribution in [1.29, 1.82) is 0 Å². The number of H-pyrrole nitrogens is 1. The lowest BCUT2D eigenvalue weighted by molar-refractivity contribution is -0.111. The Morgan fingerprint density at radius 2 is 2.04 bits per heavy atom. The van der Waals surface area contributed by atoms with Gasteiger partial charge < -0.3 is 10.3 Å². The highest BCUT2D eigenvalue weighted by molar-refractivity contribution is 5.98. The number of nitrogens with one attached hydrogen (secondary N) is 2. The Morgan fingerprint density at radius 3 is 2.76 bits per heavy atom. The molecule has 0 bridgehead atoms. The molecule has 1 amide bonds. The van der Waals surface area contributed by atoms with Crippen molar-refractivity contribution in [2.75, 3.05) is 5.32 Å². The Kier molecular flexibility index (Phi) is 4.80. The summed E-state index contributed by atoms with van der Waals surface area (Å²) in [6.45, 7) is 7.75. The molecule has 0 spiro atoms. The third kappa shape index (κ3) is 3.53. The molecule has 3 aromatic rings. The molecule has 2 N–H and O–H groups in total. The summed E-state index contributed by atoms with van der Waals surface area (Å²) in [5.74, 6) is -0.204. The smallest absolute Gasteiger partial charge is 0.247 e. The minimum Gasteiger partial charge on any atom is -0.348 e.